The number of ether oxygens (including phenoxy) is 1. The molecule has 0 spiro atoms. The second-order valence-corrected chi connectivity index (χ2v) is 10.7. The van der Waals surface area contributed by atoms with Gasteiger partial charge in [-0.15, -0.1) is 6.58 Å². The molecule has 0 saturated carbocycles. The Kier molecular flexibility index (Phi) is 11.7. The molecule has 0 aromatic heterocycles. The van der Waals surface area contributed by atoms with Crippen LogP contribution >= 0.6 is 11.8 Å². The molecule has 8 heteroatoms. The Balaban J connectivity index is 3.47. The van der Waals surface area contributed by atoms with Crippen LogP contribution in [-0.4, -0.2) is 59.0 Å². The Hall–Kier alpha value is -2.48. The van der Waals surface area contributed by atoms with Gasteiger partial charge in [-0.05, 0) is 78.0 Å². The Labute approximate surface area is 209 Å². The standard InChI is InChI=1S/C26H41N3O4S/c1-10-14-29(24(31)21(13-15-34-9)28-25(32)33-26(6,7)8)22(23(30)27-17(2)3)20-16-18(4)11-12-19(20)5/h10-12,16-17,21-22H,1,13-15H2,2-9H3,(H,27,30)(H,28,32). The third kappa shape index (κ3) is 9.41. The van der Waals surface area contributed by atoms with Crippen molar-refractivity contribution in [1.29, 1.82) is 0 Å². The molecule has 0 aliphatic rings. The predicted octanol–water partition coefficient (Wildman–Crippen LogP) is 4.53. The molecule has 0 fully saturated rings. The highest BCUT2D eigenvalue weighted by Gasteiger charge is 2.36. The van der Waals surface area contributed by atoms with E-state index in [1.54, 1.807) is 38.6 Å². The van der Waals surface area contributed by atoms with Crippen LogP contribution in [0.15, 0.2) is 30.9 Å². The summed E-state index contributed by atoms with van der Waals surface area (Å²) in [6.07, 6.45) is 3.27. The van der Waals surface area contributed by atoms with Crippen LogP contribution in [-0.2, 0) is 14.3 Å². The van der Waals surface area contributed by atoms with Gasteiger partial charge in [0.05, 0.1) is 0 Å². The third-order valence-electron chi connectivity index (χ3n) is 4.93. The van der Waals surface area contributed by atoms with Crippen molar-refractivity contribution in [1.82, 2.24) is 15.5 Å². The fraction of sp³-hybridized carbons (Fsp3) is 0.577. The van der Waals surface area contributed by atoms with Gasteiger partial charge in [0.15, 0.2) is 0 Å². The van der Waals surface area contributed by atoms with Gasteiger partial charge in [-0.2, -0.15) is 11.8 Å². The van der Waals surface area contributed by atoms with Crippen LogP contribution in [0.2, 0.25) is 0 Å². The van der Waals surface area contributed by atoms with E-state index in [1.807, 2.05) is 52.1 Å². The molecule has 34 heavy (non-hydrogen) atoms. The molecule has 3 amide bonds. The summed E-state index contributed by atoms with van der Waals surface area (Å²) in [4.78, 5) is 41.3. The van der Waals surface area contributed by atoms with Crippen molar-refractivity contribution in [2.75, 3.05) is 18.6 Å². The number of benzene rings is 1. The van der Waals surface area contributed by atoms with Crippen molar-refractivity contribution >= 4 is 29.7 Å². The first kappa shape index (κ1) is 29.6. The number of alkyl carbamates (subject to hydrolysis) is 1. The van der Waals surface area contributed by atoms with E-state index in [0.29, 0.717) is 12.2 Å². The van der Waals surface area contributed by atoms with E-state index in [1.165, 1.54) is 4.90 Å². The lowest BCUT2D eigenvalue weighted by Gasteiger charge is -2.35. The smallest absolute Gasteiger partial charge is 0.408 e. The fourth-order valence-corrected chi connectivity index (χ4v) is 3.94. The second-order valence-electron chi connectivity index (χ2n) is 9.69. The molecular formula is C26H41N3O4S. The Morgan fingerprint density at radius 1 is 1.18 bits per heavy atom. The van der Waals surface area contributed by atoms with E-state index >= 15 is 0 Å². The number of hydrogen-bond acceptors (Lipinski definition) is 5. The summed E-state index contributed by atoms with van der Waals surface area (Å²) in [5.74, 6) is 0.0184. The molecule has 1 rings (SSSR count). The lowest BCUT2D eigenvalue weighted by atomic mass is 9.95. The Morgan fingerprint density at radius 2 is 1.82 bits per heavy atom. The first-order valence-corrected chi connectivity index (χ1v) is 13.0. The van der Waals surface area contributed by atoms with Crippen LogP contribution in [0.5, 0.6) is 0 Å². The number of thioether (sulfide) groups is 1. The highest BCUT2D eigenvalue weighted by atomic mass is 32.2. The number of carbonyl (C=O) groups excluding carboxylic acids is 3. The van der Waals surface area contributed by atoms with Crippen LogP contribution in [0.3, 0.4) is 0 Å². The molecule has 7 nitrogen and oxygen atoms in total. The molecule has 2 N–H and O–H groups in total. The lowest BCUT2D eigenvalue weighted by Crippen LogP contribution is -2.53. The third-order valence-corrected chi connectivity index (χ3v) is 5.57. The van der Waals surface area contributed by atoms with Crippen LogP contribution < -0.4 is 10.6 Å². The van der Waals surface area contributed by atoms with Crippen molar-refractivity contribution in [2.24, 2.45) is 0 Å². The van der Waals surface area contributed by atoms with Crippen LogP contribution in [0.25, 0.3) is 0 Å². The van der Waals surface area contributed by atoms with E-state index in [4.69, 9.17) is 4.74 Å². The zero-order valence-electron chi connectivity index (χ0n) is 21.9. The molecule has 0 bridgehead atoms. The van der Waals surface area contributed by atoms with E-state index in [0.717, 1.165) is 16.7 Å². The average molecular weight is 492 g/mol. The van der Waals surface area contributed by atoms with Gasteiger partial charge in [0.2, 0.25) is 11.8 Å². The molecule has 1 aromatic carbocycles. The minimum Gasteiger partial charge on any atom is -0.444 e. The molecule has 2 unspecified atom stereocenters. The summed E-state index contributed by atoms with van der Waals surface area (Å²) in [5.41, 5.74) is 1.93. The zero-order chi connectivity index (χ0) is 26.1. The maximum Gasteiger partial charge on any atom is 0.408 e. The van der Waals surface area contributed by atoms with Gasteiger partial charge < -0.3 is 20.3 Å². The number of aryl methyl sites for hydroxylation is 2. The lowest BCUT2D eigenvalue weighted by molar-refractivity contribution is -0.142. The van der Waals surface area contributed by atoms with Crippen molar-refractivity contribution in [2.45, 2.75) is 78.6 Å². The summed E-state index contributed by atoms with van der Waals surface area (Å²) in [5, 5.41) is 5.68. The van der Waals surface area contributed by atoms with Gasteiger partial charge in [0.1, 0.15) is 17.7 Å². The highest BCUT2D eigenvalue weighted by Crippen LogP contribution is 2.27. The van der Waals surface area contributed by atoms with Crippen molar-refractivity contribution in [3.8, 4) is 0 Å². The van der Waals surface area contributed by atoms with Crippen molar-refractivity contribution < 1.29 is 19.1 Å². The normalized spacial score (nSPS) is 13.1. The Bertz CT molecular complexity index is 864. The van der Waals surface area contributed by atoms with Gasteiger partial charge in [-0.25, -0.2) is 4.79 Å². The van der Waals surface area contributed by atoms with Gasteiger partial charge >= 0.3 is 6.09 Å². The van der Waals surface area contributed by atoms with E-state index in [9.17, 15) is 14.4 Å². The summed E-state index contributed by atoms with van der Waals surface area (Å²) in [6, 6.07) is 4.03. The minimum absolute atomic E-state index is 0.104. The molecule has 1 aromatic rings. The maximum atomic E-state index is 13.9. The zero-order valence-corrected chi connectivity index (χ0v) is 22.7. The number of rotatable bonds is 11. The monoisotopic (exact) mass is 491 g/mol. The van der Waals surface area contributed by atoms with E-state index in [2.05, 4.69) is 17.2 Å². The molecule has 0 aliphatic heterocycles. The average Bonchev–Trinajstić information content (AvgIpc) is 2.70. The molecule has 0 aliphatic carbocycles. The molecule has 0 radical (unpaired) electrons. The molecule has 190 valence electrons. The van der Waals surface area contributed by atoms with Crippen LogP contribution in [0.4, 0.5) is 4.79 Å². The molecule has 0 saturated heterocycles. The minimum atomic E-state index is -0.870. The summed E-state index contributed by atoms with van der Waals surface area (Å²) >= 11 is 1.57. The van der Waals surface area contributed by atoms with Crippen molar-refractivity contribution in [3.63, 3.8) is 0 Å². The number of hydrogen-bond donors (Lipinski definition) is 2. The predicted molar refractivity (Wildman–Crippen MR) is 140 cm³/mol. The quantitative estimate of drug-likeness (QED) is 0.444. The summed E-state index contributed by atoms with van der Waals surface area (Å²) < 4.78 is 5.39. The van der Waals surface area contributed by atoms with E-state index < -0.39 is 23.8 Å². The second kappa shape index (κ2) is 13.4. The first-order valence-electron chi connectivity index (χ1n) is 11.6. The fourth-order valence-electron chi connectivity index (χ4n) is 3.47. The Morgan fingerprint density at radius 3 is 2.35 bits per heavy atom. The topological polar surface area (TPSA) is 87.7 Å². The molecule has 2 atom stereocenters. The van der Waals surface area contributed by atoms with Gasteiger partial charge in [0, 0.05) is 12.6 Å². The SMILES string of the molecule is C=CCN(C(=O)C(CCSC)NC(=O)OC(C)(C)C)C(C(=O)NC(C)C)c1cc(C)ccc1C. The molecular weight excluding hydrogens is 450 g/mol. The van der Waals surface area contributed by atoms with E-state index in [-0.39, 0.29) is 24.4 Å². The summed E-state index contributed by atoms with van der Waals surface area (Å²) in [7, 11) is 0. The maximum absolute atomic E-state index is 13.9. The number of amides is 3. The number of carbonyl (C=O) groups is 3. The summed E-state index contributed by atoms with van der Waals surface area (Å²) in [6.45, 7) is 16.9. The van der Waals surface area contributed by atoms with Gasteiger partial charge in [-0.3, -0.25) is 9.59 Å². The highest BCUT2D eigenvalue weighted by molar-refractivity contribution is 7.98. The van der Waals surface area contributed by atoms with Crippen LogP contribution in [0.1, 0.15) is 63.8 Å². The largest absolute Gasteiger partial charge is 0.444 e. The number of nitrogens with one attached hydrogen (secondary N) is 2. The van der Waals surface area contributed by atoms with Crippen LogP contribution in [0, 0.1) is 13.8 Å². The number of nitrogens with zero attached hydrogens (tertiary/aromatic N) is 1. The van der Waals surface area contributed by atoms with Gasteiger partial charge in [-0.1, -0.05) is 29.8 Å². The first-order chi connectivity index (χ1) is 15.8. The molecule has 0 heterocycles. The van der Waals surface area contributed by atoms with Gasteiger partial charge in [0.25, 0.3) is 0 Å². The van der Waals surface area contributed by atoms with Crippen molar-refractivity contribution in [3.05, 3.63) is 47.5 Å².